The highest BCUT2D eigenvalue weighted by atomic mass is 19.4. The number of hydrogen-bond acceptors (Lipinski definition) is 2. The maximum absolute atomic E-state index is 12.2. The molecule has 1 unspecified atom stereocenters. The molecular formula is C10H11F3N2O. The van der Waals surface area contributed by atoms with E-state index < -0.39 is 17.8 Å². The first-order valence-electron chi connectivity index (χ1n) is 4.61. The molecule has 88 valence electrons. The van der Waals surface area contributed by atoms with Crippen LogP contribution in [0, 0.1) is 0 Å². The van der Waals surface area contributed by atoms with Gasteiger partial charge in [0.25, 0.3) is 0 Å². The predicted molar refractivity (Wildman–Crippen MR) is 51.5 cm³/mol. The second-order valence-electron chi connectivity index (χ2n) is 3.39. The molecule has 1 rings (SSSR count). The Kier molecular flexibility index (Phi) is 3.51. The molecule has 0 saturated heterocycles. The lowest BCUT2D eigenvalue weighted by atomic mass is 10.2. The number of aromatic nitrogens is 1. The Balaban J connectivity index is 2.83. The zero-order valence-corrected chi connectivity index (χ0v) is 8.80. The molecule has 0 aliphatic carbocycles. The van der Waals surface area contributed by atoms with Crippen molar-refractivity contribution in [1.29, 1.82) is 0 Å². The van der Waals surface area contributed by atoms with Crippen LogP contribution >= 0.6 is 0 Å². The molecule has 0 bridgehead atoms. The van der Waals surface area contributed by atoms with Gasteiger partial charge in [-0.25, -0.2) is 0 Å². The number of nitrogens with zero attached hydrogens (tertiary/aromatic N) is 1. The summed E-state index contributed by atoms with van der Waals surface area (Å²) in [4.78, 5) is 14.4. The Morgan fingerprint density at radius 3 is 2.44 bits per heavy atom. The van der Waals surface area contributed by atoms with Gasteiger partial charge in [0.2, 0.25) is 5.91 Å². The van der Waals surface area contributed by atoms with E-state index in [1.165, 1.54) is 13.0 Å². The summed E-state index contributed by atoms with van der Waals surface area (Å²) in [6.07, 6.45) is -3.63. The number of rotatable bonds is 2. The van der Waals surface area contributed by atoms with Crippen LogP contribution in [0.4, 0.5) is 13.2 Å². The first-order valence-corrected chi connectivity index (χ1v) is 4.61. The summed E-state index contributed by atoms with van der Waals surface area (Å²) in [5.41, 5.74) is -0.408. The van der Waals surface area contributed by atoms with Crippen LogP contribution in [0.1, 0.15) is 31.1 Å². The van der Waals surface area contributed by atoms with Crippen molar-refractivity contribution < 1.29 is 18.0 Å². The third kappa shape index (κ3) is 3.22. The van der Waals surface area contributed by atoms with Gasteiger partial charge >= 0.3 is 6.18 Å². The van der Waals surface area contributed by atoms with Gasteiger partial charge < -0.3 is 5.32 Å². The van der Waals surface area contributed by atoms with Gasteiger partial charge in [0.05, 0.1) is 17.3 Å². The highest BCUT2D eigenvalue weighted by Gasteiger charge is 2.30. The zero-order valence-electron chi connectivity index (χ0n) is 8.80. The Hall–Kier alpha value is -1.59. The summed E-state index contributed by atoms with van der Waals surface area (Å²) in [6.45, 7) is 2.98. The van der Waals surface area contributed by atoms with E-state index >= 15 is 0 Å². The normalized spacial score (nSPS) is 13.3. The number of carbonyl (C=O) groups excluding carboxylic acids is 1. The van der Waals surface area contributed by atoms with Crippen LogP contribution < -0.4 is 5.32 Å². The van der Waals surface area contributed by atoms with Crippen LogP contribution in [0.5, 0.6) is 0 Å². The number of halogens is 3. The van der Waals surface area contributed by atoms with Crippen molar-refractivity contribution in [2.24, 2.45) is 0 Å². The molecule has 1 heterocycles. The SMILES string of the molecule is CC(=O)NC(C)c1ccc(C(F)(F)F)cn1. The van der Waals surface area contributed by atoms with Crippen molar-refractivity contribution in [3.63, 3.8) is 0 Å². The van der Waals surface area contributed by atoms with Crippen molar-refractivity contribution in [3.05, 3.63) is 29.6 Å². The molecule has 1 aromatic heterocycles. The number of nitrogens with one attached hydrogen (secondary N) is 1. The summed E-state index contributed by atoms with van der Waals surface area (Å²) >= 11 is 0. The monoisotopic (exact) mass is 232 g/mol. The van der Waals surface area contributed by atoms with Crippen molar-refractivity contribution in [3.8, 4) is 0 Å². The van der Waals surface area contributed by atoms with Crippen LogP contribution in [0.25, 0.3) is 0 Å². The maximum atomic E-state index is 12.2. The van der Waals surface area contributed by atoms with E-state index in [9.17, 15) is 18.0 Å². The second kappa shape index (κ2) is 4.51. The van der Waals surface area contributed by atoms with Crippen molar-refractivity contribution in [2.45, 2.75) is 26.1 Å². The van der Waals surface area contributed by atoms with Gasteiger partial charge in [0.15, 0.2) is 0 Å². The molecule has 0 fully saturated rings. The Bertz CT molecular complexity index is 373. The average Bonchev–Trinajstić information content (AvgIpc) is 2.15. The zero-order chi connectivity index (χ0) is 12.3. The molecule has 0 radical (unpaired) electrons. The minimum Gasteiger partial charge on any atom is -0.348 e. The topological polar surface area (TPSA) is 42.0 Å². The van der Waals surface area contributed by atoms with E-state index in [1.54, 1.807) is 6.92 Å². The third-order valence-electron chi connectivity index (χ3n) is 1.98. The van der Waals surface area contributed by atoms with Crippen LogP contribution in [-0.4, -0.2) is 10.9 Å². The van der Waals surface area contributed by atoms with Gasteiger partial charge in [0, 0.05) is 13.1 Å². The summed E-state index contributed by atoms with van der Waals surface area (Å²) in [6, 6.07) is 1.80. The van der Waals surface area contributed by atoms with Gasteiger partial charge in [-0.15, -0.1) is 0 Å². The number of amides is 1. The van der Waals surface area contributed by atoms with Crippen molar-refractivity contribution >= 4 is 5.91 Å². The molecule has 0 aromatic carbocycles. The number of alkyl halides is 3. The Morgan fingerprint density at radius 2 is 2.06 bits per heavy atom. The van der Waals surface area contributed by atoms with E-state index in [1.807, 2.05) is 0 Å². The first kappa shape index (κ1) is 12.5. The lowest BCUT2D eigenvalue weighted by Crippen LogP contribution is -2.24. The molecule has 0 spiro atoms. The van der Waals surface area contributed by atoms with Crippen LogP contribution in [0.2, 0.25) is 0 Å². The lowest BCUT2D eigenvalue weighted by Gasteiger charge is -2.12. The van der Waals surface area contributed by atoms with Crippen LogP contribution in [-0.2, 0) is 11.0 Å². The predicted octanol–water partition coefficient (Wildman–Crippen LogP) is 2.30. The second-order valence-corrected chi connectivity index (χ2v) is 3.39. The maximum Gasteiger partial charge on any atom is 0.417 e. The van der Waals surface area contributed by atoms with E-state index in [4.69, 9.17) is 0 Å². The van der Waals surface area contributed by atoms with E-state index in [2.05, 4.69) is 10.3 Å². The minimum atomic E-state index is -4.39. The fraction of sp³-hybridized carbons (Fsp3) is 0.400. The molecule has 1 aromatic rings. The lowest BCUT2D eigenvalue weighted by molar-refractivity contribution is -0.137. The Labute approximate surface area is 90.7 Å². The van der Waals surface area contributed by atoms with Gasteiger partial charge in [-0.1, -0.05) is 0 Å². The average molecular weight is 232 g/mol. The molecule has 1 atom stereocenters. The minimum absolute atomic E-state index is 0.255. The molecule has 16 heavy (non-hydrogen) atoms. The molecule has 0 aliphatic heterocycles. The quantitative estimate of drug-likeness (QED) is 0.850. The van der Waals surface area contributed by atoms with E-state index in [0.717, 1.165) is 12.3 Å². The van der Waals surface area contributed by atoms with Gasteiger partial charge in [0.1, 0.15) is 0 Å². The molecule has 3 nitrogen and oxygen atoms in total. The van der Waals surface area contributed by atoms with Gasteiger partial charge in [-0.3, -0.25) is 9.78 Å². The van der Waals surface area contributed by atoms with Crippen molar-refractivity contribution in [2.75, 3.05) is 0 Å². The first-order chi connectivity index (χ1) is 7.30. The number of carbonyl (C=O) groups is 1. The molecule has 0 saturated carbocycles. The fourth-order valence-electron chi connectivity index (χ4n) is 1.21. The molecule has 6 heteroatoms. The summed E-state index contributed by atoms with van der Waals surface area (Å²) in [5, 5.41) is 2.53. The number of pyridine rings is 1. The van der Waals surface area contributed by atoms with E-state index in [0.29, 0.717) is 5.69 Å². The van der Waals surface area contributed by atoms with E-state index in [-0.39, 0.29) is 5.91 Å². The molecule has 1 N–H and O–H groups in total. The van der Waals surface area contributed by atoms with Gasteiger partial charge in [-0.2, -0.15) is 13.2 Å². The summed E-state index contributed by atoms with van der Waals surface area (Å²) < 4.78 is 36.7. The standard InChI is InChI=1S/C10H11F3N2O/c1-6(15-7(2)16)9-4-3-8(5-14-9)10(11,12)13/h3-6H,1-2H3,(H,15,16). The van der Waals surface area contributed by atoms with Gasteiger partial charge in [-0.05, 0) is 19.1 Å². The highest BCUT2D eigenvalue weighted by molar-refractivity contribution is 5.73. The van der Waals surface area contributed by atoms with Crippen LogP contribution in [0.3, 0.4) is 0 Å². The fourth-order valence-corrected chi connectivity index (χ4v) is 1.21. The van der Waals surface area contributed by atoms with Crippen LogP contribution in [0.15, 0.2) is 18.3 Å². The summed E-state index contributed by atoms with van der Waals surface area (Å²) in [7, 11) is 0. The highest BCUT2D eigenvalue weighted by Crippen LogP contribution is 2.28. The summed E-state index contributed by atoms with van der Waals surface area (Å²) in [5.74, 6) is -0.255. The molecular weight excluding hydrogens is 221 g/mol. The largest absolute Gasteiger partial charge is 0.417 e. The third-order valence-corrected chi connectivity index (χ3v) is 1.98. The number of hydrogen-bond donors (Lipinski definition) is 1. The smallest absolute Gasteiger partial charge is 0.348 e. The van der Waals surface area contributed by atoms with Crippen molar-refractivity contribution in [1.82, 2.24) is 10.3 Å². The Morgan fingerprint density at radius 1 is 1.44 bits per heavy atom. The molecule has 0 aliphatic rings. The molecule has 1 amide bonds.